The Morgan fingerprint density at radius 1 is 0.912 bits per heavy atom. The van der Waals surface area contributed by atoms with Crippen molar-refractivity contribution in [3.05, 3.63) is 106 Å². The Kier molecular flexibility index (Phi) is 7.71. The number of hydrogen-bond acceptors (Lipinski definition) is 5. The predicted octanol–water partition coefficient (Wildman–Crippen LogP) is 4.71. The van der Waals surface area contributed by atoms with E-state index in [1.165, 1.54) is 0 Å². The molecule has 0 amide bonds. The lowest BCUT2D eigenvalue weighted by Crippen LogP contribution is -2.27. The molecule has 174 valence electrons. The van der Waals surface area contributed by atoms with Gasteiger partial charge < -0.3 is 14.0 Å². The van der Waals surface area contributed by atoms with Gasteiger partial charge >= 0.3 is 5.97 Å². The molecule has 6 nitrogen and oxygen atoms in total. The number of benzene rings is 3. The van der Waals surface area contributed by atoms with E-state index < -0.39 is 0 Å². The van der Waals surface area contributed by atoms with Gasteiger partial charge in [0.2, 0.25) is 0 Å². The Bertz CT molecular complexity index is 1320. The van der Waals surface area contributed by atoms with Crippen LogP contribution in [-0.2, 0) is 35.5 Å². The number of fused-ring (bicyclic) bond motifs is 1. The molecular formula is C28H28N2O4. The number of ether oxygens (including phenoxy) is 2. The van der Waals surface area contributed by atoms with Crippen molar-refractivity contribution in [2.75, 3.05) is 6.61 Å². The normalized spacial score (nSPS) is 10.9. The average molecular weight is 457 g/mol. The molecule has 4 rings (SSSR count). The van der Waals surface area contributed by atoms with Gasteiger partial charge in [-0.15, -0.1) is 0 Å². The lowest BCUT2D eigenvalue weighted by Gasteiger charge is -2.13. The third-order valence-corrected chi connectivity index (χ3v) is 5.61. The number of aryl methyl sites for hydroxylation is 3. The average Bonchev–Trinajstić information content (AvgIpc) is 2.87. The summed E-state index contributed by atoms with van der Waals surface area (Å²) in [5.74, 6) is 0.326. The van der Waals surface area contributed by atoms with Gasteiger partial charge in [0.05, 0.1) is 24.1 Å². The number of carbonyl (C=O) groups excluding carboxylic acids is 1. The Labute approximate surface area is 198 Å². The summed E-state index contributed by atoms with van der Waals surface area (Å²) in [6.07, 6.45) is 1.03. The highest BCUT2D eigenvalue weighted by Crippen LogP contribution is 2.19. The number of carbonyl (C=O) groups is 1. The smallest absolute Gasteiger partial charge is 0.306 e. The number of esters is 1. The molecule has 1 heterocycles. The molecule has 0 N–H and O–H groups in total. The van der Waals surface area contributed by atoms with E-state index in [0.29, 0.717) is 24.6 Å². The molecule has 0 fully saturated rings. The fourth-order valence-corrected chi connectivity index (χ4v) is 3.89. The van der Waals surface area contributed by atoms with Gasteiger partial charge in [-0.25, -0.2) is 4.98 Å². The lowest BCUT2D eigenvalue weighted by atomic mass is 10.1. The SMILES string of the molecule is CCOc1ccccc1COC(=O)CCc1nc2ccccc2n(CCc2ccccc2)c1=O. The van der Waals surface area contributed by atoms with Crippen LogP contribution in [0.1, 0.15) is 30.2 Å². The van der Waals surface area contributed by atoms with Crippen LogP contribution in [0.25, 0.3) is 11.0 Å². The maximum absolute atomic E-state index is 13.2. The molecule has 1 aromatic heterocycles. The molecule has 0 bridgehead atoms. The van der Waals surface area contributed by atoms with E-state index in [1.807, 2.05) is 73.7 Å². The highest BCUT2D eigenvalue weighted by molar-refractivity contribution is 5.75. The second-order valence-electron chi connectivity index (χ2n) is 7.94. The largest absolute Gasteiger partial charge is 0.493 e. The number of nitrogens with zero attached hydrogens (tertiary/aromatic N) is 2. The molecule has 0 unspecified atom stereocenters. The molecule has 0 radical (unpaired) electrons. The van der Waals surface area contributed by atoms with Crippen LogP contribution in [0.3, 0.4) is 0 Å². The minimum atomic E-state index is -0.378. The Balaban J connectivity index is 1.46. The highest BCUT2D eigenvalue weighted by Gasteiger charge is 2.14. The van der Waals surface area contributed by atoms with Gasteiger partial charge in [0, 0.05) is 18.5 Å². The standard InChI is InChI=1S/C28H28N2O4/c1-2-33-26-15-9-6-12-22(26)20-34-27(31)17-16-24-28(32)30(19-18-21-10-4-3-5-11-21)25-14-8-7-13-23(25)29-24/h3-15H,2,16-20H2,1H3. The molecule has 3 aromatic carbocycles. The van der Waals surface area contributed by atoms with Crippen molar-refractivity contribution in [3.63, 3.8) is 0 Å². The summed E-state index contributed by atoms with van der Waals surface area (Å²) < 4.78 is 12.8. The third kappa shape index (κ3) is 5.70. The minimum Gasteiger partial charge on any atom is -0.493 e. The monoisotopic (exact) mass is 456 g/mol. The maximum Gasteiger partial charge on any atom is 0.306 e. The van der Waals surface area contributed by atoms with Gasteiger partial charge in [0.15, 0.2) is 0 Å². The molecule has 0 aliphatic heterocycles. The molecule has 6 heteroatoms. The molecule has 34 heavy (non-hydrogen) atoms. The van der Waals surface area contributed by atoms with E-state index in [1.54, 1.807) is 4.57 Å². The lowest BCUT2D eigenvalue weighted by molar-refractivity contribution is -0.144. The molecule has 4 aromatic rings. The van der Waals surface area contributed by atoms with Crippen LogP contribution >= 0.6 is 0 Å². The van der Waals surface area contributed by atoms with Crippen molar-refractivity contribution in [2.45, 2.75) is 39.3 Å². The first-order valence-corrected chi connectivity index (χ1v) is 11.5. The van der Waals surface area contributed by atoms with Crippen LogP contribution in [-0.4, -0.2) is 22.1 Å². The van der Waals surface area contributed by atoms with Crippen molar-refractivity contribution >= 4 is 17.0 Å². The fraction of sp³-hybridized carbons (Fsp3) is 0.250. The number of hydrogen-bond donors (Lipinski definition) is 0. The van der Waals surface area contributed by atoms with E-state index in [4.69, 9.17) is 9.47 Å². The number of aromatic nitrogens is 2. The summed E-state index contributed by atoms with van der Waals surface area (Å²) in [5, 5.41) is 0. The van der Waals surface area contributed by atoms with Crippen molar-refractivity contribution in [1.29, 1.82) is 0 Å². The van der Waals surface area contributed by atoms with E-state index in [0.717, 1.165) is 28.6 Å². The fourth-order valence-electron chi connectivity index (χ4n) is 3.89. The van der Waals surface area contributed by atoms with Crippen molar-refractivity contribution in [1.82, 2.24) is 9.55 Å². The van der Waals surface area contributed by atoms with Gasteiger partial charge in [0.25, 0.3) is 5.56 Å². The van der Waals surface area contributed by atoms with Gasteiger partial charge in [0.1, 0.15) is 18.1 Å². The molecule has 0 saturated heterocycles. The zero-order valence-corrected chi connectivity index (χ0v) is 19.3. The summed E-state index contributed by atoms with van der Waals surface area (Å²) in [6, 6.07) is 25.1. The summed E-state index contributed by atoms with van der Waals surface area (Å²) >= 11 is 0. The second kappa shape index (κ2) is 11.3. The molecule has 0 aliphatic rings. The van der Waals surface area contributed by atoms with E-state index >= 15 is 0 Å². The van der Waals surface area contributed by atoms with E-state index in [2.05, 4.69) is 17.1 Å². The summed E-state index contributed by atoms with van der Waals surface area (Å²) in [6.45, 7) is 3.11. The quantitative estimate of drug-likeness (QED) is 0.323. The zero-order chi connectivity index (χ0) is 23.8. The number of para-hydroxylation sites is 3. The Hall–Kier alpha value is -3.93. The first-order valence-electron chi connectivity index (χ1n) is 11.5. The van der Waals surface area contributed by atoms with E-state index in [-0.39, 0.29) is 31.0 Å². The van der Waals surface area contributed by atoms with Gasteiger partial charge in [-0.1, -0.05) is 60.7 Å². The van der Waals surface area contributed by atoms with Crippen LogP contribution in [0.5, 0.6) is 5.75 Å². The molecular weight excluding hydrogens is 428 g/mol. The van der Waals surface area contributed by atoms with Gasteiger partial charge in [-0.2, -0.15) is 0 Å². The third-order valence-electron chi connectivity index (χ3n) is 5.61. The Morgan fingerprint density at radius 2 is 1.65 bits per heavy atom. The first-order chi connectivity index (χ1) is 16.7. The van der Waals surface area contributed by atoms with Gasteiger partial charge in [-0.3, -0.25) is 9.59 Å². The zero-order valence-electron chi connectivity index (χ0n) is 19.3. The van der Waals surface area contributed by atoms with Gasteiger partial charge in [-0.05, 0) is 37.1 Å². The predicted molar refractivity (Wildman–Crippen MR) is 132 cm³/mol. The van der Waals surface area contributed by atoms with Crippen molar-refractivity contribution in [2.24, 2.45) is 0 Å². The van der Waals surface area contributed by atoms with E-state index in [9.17, 15) is 9.59 Å². The summed E-state index contributed by atoms with van der Waals surface area (Å²) in [7, 11) is 0. The summed E-state index contributed by atoms with van der Waals surface area (Å²) in [4.78, 5) is 30.2. The summed E-state index contributed by atoms with van der Waals surface area (Å²) in [5.41, 5.74) is 3.71. The van der Waals surface area contributed by atoms with Crippen LogP contribution in [0.2, 0.25) is 0 Å². The maximum atomic E-state index is 13.2. The van der Waals surface area contributed by atoms with Crippen molar-refractivity contribution in [3.8, 4) is 5.75 Å². The van der Waals surface area contributed by atoms with Crippen LogP contribution in [0.15, 0.2) is 83.7 Å². The second-order valence-corrected chi connectivity index (χ2v) is 7.94. The Morgan fingerprint density at radius 3 is 2.47 bits per heavy atom. The van der Waals surface area contributed by atoms with Crippen molar-refractivity contribution < 1.29 is 14.3 Å². The highest BCUT2D eigenvalue weighted by atomic mass is 16.5. The molecule has 0 spiro atoms. The molecule has 0 aliphatic carbocycles. The first kappa shape index (κ1) is 23.2. The van der Waals surface area contributed by atoms with Crippen LogP contribution in [0.4, 0.5) is 0 Å². The topological polar surface area (TPSA) is 70.4 Å². The number of rotatable bonds is 10. The molecule has 0 atom stereocenters. The van der Waals surface area contributed by atoms with Crippen LogP contribution in [0, 0.1) is 0 Å². The minimum absolute atomic E-state index is 0.0794. The molecule has 0 saturated carbocycles. The van der Waals surface area contributed by atoms with Crippen LogP contribution < -0.4 is 10.3 Å².